The molecule has 1 amide bonds. The van der Waals surface area contributed by atoms with Gasteiger partial charge in [0.25, 0.3) is 5.91 Å². The first-order valence-electron chi connectivity index (χ1n) is 9.44. The van der Waals surface area contributed by atoms with E-state index in [0.29, 0.717) is 24.0 Å². The third-order valence-corrected chi connectivity index (χ3v) is 5.20. The number of amides is 1. The van der Waals surface area contributed by atoms with E-state index in [1.54, 1.807) is 17.0 Å². The minimum atomic E-state index is -0.185. The number of furan rings is 1. The highest BCUT2D eigenvalue weighted by Gasteiger charge is 2.21. The van der Waals surface area contributed by atoms with Gasteiger partial charge in [-0.1, -0.05) is 53.6 Å². The maximum Gasteiger partial charge on any atom is 0.290 e. The van der Waals surface area contributed by atoms with Gasteiger partial charge < -0.3 is 9.32 Å². The molecule has 0 aliphatic carbocycles. The molecule has 0 aliphatic rings. The zero-order valence-electron chi connectivity index (χ0n) is 16.4. The molecule has 0 bridgehead atoms. The Morgan fingerprint density at radius 1 is 1.03 bits per heavy atom. The summed E-state index contributed by atoms with van der Waals surface area (Å²) in [6, 6.07) is 19.5. The standard InChI is InChI=1S/C24H21ClN2O2/c1-16-11-17(2)22-19(12-16)13-20(23(25)26-22)15-27(14-18-7-4-3-5-8-18)24(28)21-9-6-10-29-21/h3-13H,14-15H2,1-2H3. The molecule has 0 saturated heterocycles. The summed E-state index contributed by atoms with van der Waals surface area (Å²) in [5.41, 5.74) is 4.97. The van der Waals surface area contributed by atoms with Crippen LogP contribution in [-0.2, 0) is 13.1 Å². The van der Waals surface area contributed by atoms with Crippen LogP contribution >= 0.6 is 11.6 Å². The van der Waals surface area contributed by atoms with Crippen LogP contribution in [0.4, 0.5) is 0 Å². The minimum absolute atomic E-state index is 0.185. The molecule has 2 heterocycles. The normalized spacial score (nSPS) is 11.0. The summed E-state index contributed by atoms with van der Waals surface area (Å²) >= 11 is 6.52. The van der Waals surface area contributed by atoms with Crippen molar-refractivity contribution < 1.29 is 9.21 Å². The summed E-state index contributed by atoms with van der Waals surface area (Å²) in [5.74, 6) is 0.118. The van der Waals surface area contributed by atoms with Crippen LogP contribution in [0.5, 0.6) is 0 Å². The summed E-state index contributed by atoms with van der Waals surface area (Å²) in [6.07, 6.45) is 1.50. The molecule has 0 aliphatic heterocycles. The Hall–Kier alpha value is -3.11. The van der Waals surface area contributed by atoms with Crippen molar-refractivity contribution >= 4 is 28.4 Å². The summed E-state index contributed by atoms with van der Waals surface area (Å²) in [7, 11) is 0. The Morgan fingerprint density at radius 2 is 1.83 bits per heavy atom. The molecule has 4 nitrogen and oxygen atoms in total. The van der Waals surface area contributed by atoms with Crippen LogP contribution in [0.2, 0.25) is 5.15 Å². The number of aryl methyl sites for hydroxylation is 2. The molecule has 5 heteroatoms. The van der Waals surface area contributed by atoms with Crippen LogP contribution in [0.3, 0.4) is 0 Å². The molecule has 0 radical (unpaired) electrons. The quantitative estimate of drug-likeness (QED) is 0.386. The third-order valence-electron chi connectivity index (χ3n) is 4.88. The highest BCUT2D eigenvalue weighted by atomic mass is 35.5. The molecule has 2 aromatic heterocycles. The maximum absolute atomic E-state index is 13.1. The Kier molecular flexibility index (Phi) is 5.36. The smallest absolute Gasteiger partial charge is 0.290 e. The topological polar surface area (TPSA) is 46.3 Å². The zero-order valence-corrected chi connectivity index (χ0v) is 17.1. The van der Waals surface area contributed by atoms with Crippen LogP contribution in [0, 0.1) is 13.8 Å². The van der Waals surface area contributed by atoms with E-state index >= 15 is 0 Å². The lowest BCUT2D eigenvalue weighted by atomic mass is 10.0. The Morgan fingerprint density at radius 3 is 2.55 bits per heavy atom. The van der Waals surface area contributed by atoms with Crippen LogP contribution < -0.4 is 0 Å². The Labute approximate surface area is 174 Å². The van der Waals surface area contributed by atoms with E-state index in [2.05, 4.69) is 24.0 Å². The van der Waals surface area contributed by atoms with E-state index in [4.69, 9.17) is 16.0 Å². The van der Waals surface area contributed by atoms with Crippen molar-refractivity contribution in [1.82, 2.24) is 9.88 Å². The predicted octanol–water partition coefficient (Wildman–Crippen LogP) is 5.94. The monoisotopic (exact) mass is 404 g/mol. The first-order valence-corrected chi connectivity index (χ1v) is 9.82. The van der Waals surface area contributed by atoms with Gasteiger partial charge in [-0.15, -0.1) is 0 Å². The fourth-order valence-electron chi connectivity index (χ4n) is 3.55. The van der Waals surface area contributed by atoms with Crippen molar-refractivity contribution in [2.24, 2.45) is 0 Å². The lowest BCUT2D eigenvalue weighted by Crippen LogP contribution is -2.30. The van der Waals surface area contributed by atoms with Gasteiger partial charge >= 0.3 is 0 Å². The van der Waals surface area contributed by atoms with Crippen molar-refractivity contribution in [3.8, 4) is 0 Å². The number of nitrogens with zero attached hydrogens (tertiary/aromatic N) is 2. The Bertz CT molecular complexity index is 1150. The van der Waals surface area contributed by atoms with E-state index < -0.39 is 0 Å². The first kappa shape index (κ1) is 19.2. The van der Waals surface area contributed by atoms with Crippen LogP contribution in [-0.4, -0.2) is 15.8 Å². The van der Waals surface area contributed by atoms with E-state index in [-0.39, 0.29) is 5.91 Å². The fraction of sp³-hybridized carbons (Fsp3) is 0.167. The van der Waals surface area contributed by atoms with Gasteiger partial charge in [-0.25, -0.2) is 4.98 Å². The summed E-state index contributed by atoms with van der Waals surface area (Å²) in [6.45, 7) is 4.87. The molecular formula is C24H21ClN2O2. The molecule has 146 valence electrons. The van der Waals surface area contributed by atoms with Crippen molar-refractivity contribution in [1.29, 1.82) is 0 Å². The number of hydrogen-bond donors (Lipinski definition) is 0. The summed E-state index contributed by atoms with van der Waals surface area (Å²) in [5, 5.41) is 1.43. The second-order valence-corrected chi connectivity index (χ2v) is 7.57. The highest BCUT2D eigenvalue weighted by molar-refractivity contribution is 6.30. The van der Waals surface area contributed by atoms with E-state index in [0.717, 1.165) is 33.2 Å². The lowest BCUT2D eigenvalue weighted by molar-refractivity contribution is 0.0697. The number of carbonyl (C=O) groups excluding carboxylic acids is 1. The number of fused-ring (bicyclic) bond motifs is 1. The van der Waals surface area contributed by atoms with Gasteiger partial charge in [0, 0.05) is 24.0 Å². The number of halogens is 1. The molecule has 0 unspecified atom stereocenters. The van der Waals surface area contributed by atoms with E-state index in [9.17, 15) is 4.79 Å². The average molecular weight is 405 g/mol. The van der Waals surface area contributed by atoms with Gasteiger partial charge in [-0.2, -0.15) is 0 Å². The second-order valence-electron chi connectivity index (χ2n) is 7.22. The molecule has 0 spiro atoms. The lowest BCUT2D eigenvalue weighted by Gasteiger charge is -2.23. The molecule has 29 heavy (non-hydrogen) atoms. The molecule has 0 N–H and O–H groups in total. The van der Waals surface area contributed by atoms with Crippen molar-refractivity contribution in [2.45, 2.75) is 26.9 Å². The molecule has 4 rings (SSSR count). The highest BCUT2D eigenvalue weighted by Crippen LogP contribution is 2.26. The zero-order chi connectivity index (χ0) is 20.4. The van der Waals surface area contributed by atoms with Crippen LogP contribution in [0.25, 0.3) is 10.9 Å². The van der Waals surface area contributed by atoms with Gasteiger partial charge in [0.05, 0.1) is 11.8 Å². The number of rotatable bonds is 5. The fourth-order valence-corrected chi connectivity index (χ4v) is 3.75. The number of benzene rings is 2. The van der Waals surface area contributed by atoms with Gasteiger partial charge in [0.2, 0.25) is 0 Å². The Balaban J connectivity index is 1.71. The summed E-state index contributed by atoms with van der Waals surface area (Å²) < 4.78 is 5.34. The number of carbonyl (C=O) groups is 1. The number of hydrogen-bond acceptors (Lipinski definition) is 3. The van der Waals surface area contributed by atoms with Crippen molar-refractivity contribution in [3.63, 3.8) is 0 Å². The SMILES string of the molecule is Cc1cc(C)c2nc(Cl)c(CN(Cc3ccccc3)C(=O)c3ccco3)cc2c1. The molecule has 2 aromatic carbocycles. The third kappa shape index (κ3) is 4.17. The summed E-state index contributed by atoms with van der Waals surface area (Å²) in [4.78, 5) is 19.4. The molecule has 0 saturated carbocycles. The average Bonchev–Trinajstić information content (AvgIpc) is 3.24. The molecule has 0 atom stereocenters. The number of aromatic nitrogens is 1. The first-order chi connectivity index (χ1) is 14.0. The number of pyridine rings is 1. The molecule has 4 aromatic rings. The molecular weight excluding hydrogens is 384 g/mol. The van der Waals surface area contributed by atoms with Gasteiger partial charge in [-0.05, 0) is 49.2 Å². The largest absolute Gasteiger partial charge is 0.459 e. The maximum atomic E-state index is 13.1. The van der Waals surface area contributed by atoms with Gasteiger partial charge in [0.1, 0.15) is 5.15 Å². The predicted molar refractivity (Wildman–Crippen MR) is 115 cm³/mol. The van der Waals surface area contributed by atoms with Gasteiger partial charge in [0.15, 0.2) is 5.76 Å². The van der Waals surface area contributed by atoms with E-state index in [1.807, 2.05) is 43.3 Å². The van der Waals surface area contributed by atoms with Gasteiger partial charge in [-0.3, -0.25) is 4.79 Å². The van der Waals surface area contributed by atoms with Crippen molar-refractivity contribution in [3.05, 3.63) is 100 Å². The van der Waals surface area contributed by atoms with Crippen LogP contribution in [0.1, 0.15) is 32.8 Å². The van der Waals surface area contributed by atoms with Crippen molar-refractivity contribution in [2.75, 3.05) is 0 Å². The van der Waals surface area contributed by atoms with Crippen LogP contribution in [0.15, 0.2) is 71.3 Å². The molecule has 0 fully saturated rings. The minimum Gasteiger partial charge on any atom is -0.459 e. The van der Waals surface area contributed by atoms with E-state index in [1.165, 1.54) is 6.26 Å². The second kappa shape index (κ2) is 8.10.